The average Bonchev–Trinajstić information content (AvgIpc) is 2.85. The van der Waals surface area contributed by atoms with E-state index in [1.807, 2.05) is 48.7 Å². The number of aromatic nitrogens is 2. The second kappa shape index (κ2) is 5.72. The topological polar surface area (TPSA) is 54.6 Å². The van der Waals surface area contributed by atoms with Crippen molar-refractivity contribution in [3.05, 3.63) is 65.0 Å². The molecule has 3 rings (SSSR count). The van der Waals surface area contributed by atoms with Crippen molar-refractivity contribution in [3.63, 3.8) is 0 Å². The van der Waals surface area contributed by atoms with Crippen molar-refractivity contribution in [2.75, 3.05) is 0 Å². The lowest BCUT2D eigenvalue weighted by Gasteiger charge is -2.06. The first kappa shape index (κ1) is 15.0. The van der Waals surface area contributed by atoms with Crippen LogP contribution in [0.3, 0.4) is 0 Å². The summed E-state index contributed by atoms with van der Waals surface area (Å²) in [5.41, 5.74) is 6.79. The average molecular weight is 306 g/mol. The molecule has 2 heterocycles. The summed E-state index contributed by atoms with van der Waals surface area (Å²) in [6.07, 6.45) is 4.67. The van der Waals surface area contributed by atoms with E-state index < -0.39 is 5.97 Å². The highest BCUT2D eigenvalue weighted by atomic mass is 16.4. The van der Waals surface area contributed by atoms with Gasteiger partial charge in [-0.1, -0.05) is 29.8 Å². The molecule has 116 valence electrons. The number of hydrogen-bond acceptors (Lipinski definition) is 2. The fourth-order valence-corrected chi connectivity index (χ4v) is 2.81. The Labute approximate surface area is 134 Å². The Bertz CT molecular complexity index is 936. The van der Waals surface area contributed by atoms with Crippen molar-refractivity contribution in [2.24, 2.45) is 0 Å². The molecule has 0 aliphatic rings. The van der Waals surface area contributed by atoms with Gasteiger partial charge in [0.2, 0.25) is 0 Å². The van der Waals surface area contributed by atoms with Gasteiger partial charge >= 0.3 is 5.97 Å². The van der Waals surface area contributed by atoms with E-state index in [2.05, 4.69) is 13.0 Å². The minimum Gasteiger partial charge on any atom is -0.478 e. The van der Waals surface area contributed by atoms with Crippen molar-refractivity contribution < 1.29 is 9.90 Å². The predicted octanol–water partition coefficient (Wildman–Crippen LogP) is 4.02. The lowest BCUT2D eigenvalue weighted by molar-refractivity contribution is -0.131. The van der Waals surface area contributed by atoms with Crippen LogP contribution in [0, 0.1) is 20.8 Å². The molecule has 1 N–H and O–H groups in total. The van der Waals surface area contributed by atoms with Gasteiger partial charge in [0.15, 0.2) is 0 Å². The smallest absolute Gasteiger partial charge is 0.328 e. The molecule has 0 saturated heterocycles. The standard InChI is InChI=1S/C19H18N2O2/c1-12-6-7-15(14(3)11-12)18-16(8-9-17(22)23)21-10-4-5-13(2)19(21)20-18/h4-11H,1-3H3,(H,22,23)/b9-8+. The maximum Gasteiger partial charge on any atom is 0.328 e. The molecular formula is C19H18N2O2. The number of hydrogen-bond donors (Lipinski definition) is 1. The van der Waals surface area contributed by atoms with Crippen molar-refractivity contribution in [1.29, 1.82) is 0 Å². The monoisotopic (exact) mass is 306 g/mol. The number of carbonyl (C=O) groups is 1. The van der Waals surface area contributed by atoms with E-state index in [9.17, 15) is 4.79 Å². The normalized spacial score (nSPS) is 11.4. The molecule has 0 atom stereocenters. The van der Waals surface area contributed by atoms with Crippen molar-refractivity contribution >= 4 is 17.7 Å². The van der Waals surface area contributed by atoms with E-state index in [4.69, 9.17) is 10.1 Å². The molecule has 0 unspecified atom stereocenters. The minimum absolute atomic E-state index is 0.776. The molecule has 0 radical (unpaired) electrons. The van der Waals surface area contributed by atoms with Crippen LogP contribution >= 0.6 is 0 Å². The number of nitrogens with zero attached hydrogens (tertiary/aromatic N) is 2. The Morgan fingerprint density at radius 3 is 2.65 bits per heavy atom. The van der Waals surface area contributed by atoms with E-state index in [1.54, 1.807) is 6.08 Å². The van der Waals surface area contributed by atoms with Crippen molar-refractivity contribution in [1.82, 2.24) is 9.38 Å². The number of carboxylic acids is 1. The first-order chi connectivity index (χ1) is 11.0. The van der Waals surface area contributed by atoms with Gasteiger partial charge in [0, 0.05) is 17.8 Å². The summed E-state index contributed by atoms with van der Waals surface area (Å²) >= 11 is 0. The molecule has 4 nitrogen and oxygen atoms in total. The van der Waals surface area contributed by atoms with Gasteiger partial charge in [-0.25, -0.2) is 9.78 Å². The molecule has 0 aliphatic carbocycles. The van der Waals surface area contributed by atoms with E-state index >= 15 is 0 Å². The molecule has 23 heavy (non-hydrogen) atoms. The van der Waals surface area contributed by atoms with Crippen LogP contribution < -0.4 is 0 Å². The third kappa shape index (κ3) is 2.75. The van der Waals surface area contributed by atoms with E-state index in [1.165, 1.54) is 5.56 Å². The number of aliphatic carboxylic acids is 1. The number of carboxylic acid groups (broad SMARTS) is 1. The third-order valence-corrected chi connectivity index (χ3v) is 3.90. The Kier molecular flexibility index (Phi) is 3.74. The van der Waals surface area contributed by atoms with Gasteiger partial charge in [-0.3, -0.25) is 4.40 Å². The van der Waals surface area contributed by atoms with Crippen LogP contribution in [0.15, 0.2) is 42.6 Å². The zero-order chi connectivity index (χ0) is 16.6. The van der Waals surface area contributed by atoms with Gasteiger partial charge < -0.3 is 5.11 Å². The van der Waals surface area contributed by atoms with Gasteiger partial charge in [-0.2, -0.15) is 0 Å². The second-order valence-electron chi connectivity index (χ2n) is 5.72. The number of benzene rings is 1. The largest absolute Gasteiger partial charge is 0.478 e. The zero-order valence-corrected chi connectivity index (χ0v) is 13.4. The maximum atomic E-state index is 10.9. The third-order valence-electron chi connectivity index (χ3n) is 3.90. The summed E-state index contributed by atoms with van der Waals surface area (Å²) in [5.74, 6) is -0.973. The van der Waals surface area contributed by atoms with E-state index in [0.717, 1.165) is 39.8 Å². The quantitative estimate of drug-likeness (QED) is 0.743. The van der Waals surface area contributed by atoms with Crippen LogP contribution in [0.1, 0.15) is 22.4 Å². The summed E-state index contributed by atoms with van der Waals surface area (Å²) in [6, 6.07) is 10.1. The predicted molar refractivity (Wildman–Crippen MR) is 91.5 cm³/mol. The van der Waals surface area contributed by atoms with Crippen LogP contribution in [-0.2, 0) is 4.79 Å². The maximum absolute atomic E-state index is 10.9. The molecule has 2 aromatic heterocycles. The number of aryl methyl sites for hydroxylation is 3. The number of pyridine rings is 1. The highest BCUT2D eigenvalue weighted by molar-refractivity contribution is 5.87. The van der Waals surface area contributed by atoms with Crippen LogP contribution in [0.4, 0.5) is 0 Å². The zero-order valence-electron chi connectivity index (χ0n) is 13.4. The highest BCUT2D eigenvalue weighted by Gasteiger charge is 2.15. The Morgan fingerprint density at radius 2 is 1.96 bits per heavy atom. The summed E-state index contributed by atoms with van der Waals surface area (Å²) in [7, 11) is 0. The van der Waals surface area contributed by atoms with Crippen molar-refractivity contribution in [3.8, 4) is 11.3 Å². The van der Waals surface area contributed by atoms with Gasteiger partial charge in [-0.05, 0) is 44.0 Å². The fraction of sp³-hybridized carbons (Fsp3) is 0.158. The second-order valence-corrected chi connectivity index (χ2v) is 5.72. The highest BCUT2D eigenvalue weighted by Crippen LogP contribution is 2.29. The van der Waals surface area contributed by atoms with Gasteiger partial charge in [0.25, 0.3) is 0 Å². The molecule has 0 bridgehead atoms. The molecule has 0 fully saturated rings. The number of imidazole rings is 1. The molecule has 3 aromatic rings. The molecule has 4 heteroatoms. The van der Waals surface area contributed by atoms with Gasteiger partial charge in [-0.15, -0.1) is 0 Å². The molecule has 0 spiro atoms. The van der Waals surface area contributed by atoms with Crippen LogP contribution in [0.25, 0.3) is 23.0 Å². The van der Waals surface area contributed by atoms with Crippen LogP contribution in [0.5, 0.6) is 0 Å². The molecule has 1 aromatic carbocycles. The SMILES string of the molecule is Cc1ccc(-c2nc3c(C)cccn3c2/C=C/C(=O)O)c(C)c1. The van der Waals surface area contributed by atoms with Crippen LogP contribution in [0.2, 0.25) is 0 Å². The summed E-state index contributed by atoms with van der Waals surface area (Å²) in [5, 5.41) is 8.97. The van der Waals surface area contributed by atoms with Crippen LogP contribution in [-0.4, -0.2) is 20.5 Å². The summed E-state index contributed by atoms with van der Waals surface area (Å²) in [4.78, 5) is 15.7. The van der Waals surface area contributed by atoms with Crippen molar-refractivity contribution in [2.45, 2.75) is 20.8 Å². The van der Waals surface area contributed by atoms with Gasteiger partial charge in [0.1, 0.15) is 5.65 Å². The molecule has 0 aliphatic heterocycles. The lowest BCUT2D eigenvalue weighted by Crippen LogP contribution is -1.92. The Hall–Kier alpha value is -2.88. The number of rotatable bonds is 3. The number of fused-ring (bicyclic) bond motifs is 1. The Morgan fingerprint density at radius 1 is 1.17 bits per heavy atom. The molecule has 0 saturated carbocycles. The van der Waals surface area contributed by atoms with Gasteiger partial charge in [0.05, 0.1) is 11.4 Å². The summed E-state index contributed by atoms with van der Waals surface area (Å²) < 4.78 is 1.93. The molecule has 0 amide bonds. The molecular weight excluding hydrogens is 288 g/mol. The first-order valence-electron chi connectivity index (χ1n) is 7.43. The fourth-order valence-electron chi connectivity index (χ4n) is 2.81. The lowest BCUT2D eigenvalue weighted by atomic mass is 10.0. The summed E-state index contributed by atoms with van der Waals surface area (Å²) in [6.45, 7) is 6.10. The van der Waals surface area contributed by atoms with E-state index in [0.29, 0.717) is 0 Å². The Balaban J connectivity index is 2.32. The minimum atomic E-state index is -0.973. The first-order valence-corrected chi connectivity index (χ1v) is 7.43. The van der Waals surface area contributed by atoms with E-state index in [-0.39, 0.29) is 0 Å².